The standard InChI is InChI=1S/C24H28N6O2/c1-6-32-24-17(10-8-12-25-24)18-14-27-23-20(21(15(2)3)29-30(23)4)22(18)26-13-16-9-7-11-19(28-16)31-5/h7-12,14-15H,6,13H2,1-5H3,(H,26,27). The van der Waals surface area contributed by atoms with Gasteiger partial charge in [0, 0.05) is 36.6 Å². The second-order valence-corrected chi connectivity index (χ2v) is 7.72. The molecule has 0 saturated heterocycles. The number of aryl methyl sites for hydroxylation is 1. The number of aromatic nitrogens is 5. The second-order valence-electron chi connectivity index (χ2n) is 7.72. The van der Waals surface area contributed by atoms with Crippen molar-refractivity contribution >= 4 is 16.7 Å². The minimum atomic E-state index is 0.228. The highest BCUT2D eigenvalue weighted by Crippen LogP contribution is 2.40. The van der Waals surface area contributed by atoms with Gasteiger partial charge in [-0.05, 0) is 31.0 Å². The molecule has 0 saturated carbocycles. The fourth-order valence-corrected chi connectivity index (χ4v) is 3.74. The molecule has 1 N–H and O–H groups in total. The van der Waals surface area contributed by atoms with Gasteiger partial charge in [-0.2, -0.15) is 5.10 Å². The van der Waals surface area contributed by atoms with Gasteiger partial charge in [0.05, 0.1) is 42.7 Å². The maximum absolute atomic E-state index is 5.82. The Morgan fingerprint density at radius 2 is 1.94 bits per heavy atom. The van der Waals surface area contributed by atoms with Gasteiger partial charge >= 0.3 is 0 Å². The van der Waals surface area contributed by atoms with Gasteiger partial charge in [-0.25, -0.2) is 15.0 Å². The second kappa shape index (κ2) is 9.21. The third-order valence-corrected chi connectivity index (χ3v) is 5.21. The summed E-state index contributed by atoms with van der Waals surface area (Å²) in [7, 11) is 3.54. The summed E-state index contributed by atoms with van der Waals surface area (Å²) in [6, 6.07) is 9.64. The molecule has 0 radical (unpaired) electrons. The third kappa shape index (κ3) is 4.08. The van der Waals surface area contributed by atoms with Gasteiger partial charge in [0.2, 0.25) is 11.8 Å². The van der Waals surface area contributed by atoms with E-state index in [2.05, 4.69) is 29.1 Å². The van der Waals surface area contributed by atoms with E-state index in [1.165, 1.54) is 0 Å². The van der Waals surface area contributed by atoms with E-state index < -0.39 is 0 Å². The van der Waals surface area contributed by atoms with E-state index in [1.54, 1.807) is 13.3 Å². The Morgan fingerprint density at radius 3 is 2.69 bits per heavy atom. The van der Waals surface area contributed by atoms with Gasteiger partial charge in [-0.15, -0.1) is 0 Å². The van der Waals surface area contributed by atoms with Crippen LogP contribution >= 0.6 is 0 Å². The highest BCUT2D eigenvalue weighted by molar-refractivity contribution is 6.00. The first-order chi connectivity index (χ1) is 15.5. The Labute approximate surface area is 187 Å². The molecule has 0 spiro atoms. The van der Waals surface area contributed by atoms with Crippen molar-refractivity contribution in [1.29, 1.82) is 0 Å². The fraction of sp³-hybridized carbons (Fsp3) is 0.333. The first-order valence-corrected chi connectivity index (χ1v) is 10.7. The molecule has 8 heteroatoms. The van der Waals surface area contributed by atoms with E-state index in [1.807, 2.05) is 55.2 Å². The van der Waals surface area contributed by atoms with Gasteiger partial charge in [-0.1, -0.05) is 19.9 Å². The number of ether oxygens (including phenoxy) is 2. The molecule has 4 rings (SSSR count). The number of methoxy groups -OCH3 is 1. The van der Waals surface area contributed by atoms with E-state index in [4.69, 9.17) is 19.6 Å². The van der Waals surface area contributed by atoms with Crippen molar-refractivity contribution in [2.24, 2.45) is 7.05 Å². The SMILES string of the molecule is CCOc1ncccc1-c1cnc2c(c(C(C)C)nn2C)c1NCc1cccc(OC)n1. The quantitative estimate of drug-likeness (QED) is 0.436. The largest absolute Gasteiger partial charge is 0.481 e. The van der Waals surface area contributed by atoms with Crippen LogP contribution in [-0.2, 0) is 13.6 Å². The lowest BCUT2D eigenvalue weighted by molar-refractivity contribution is 0.328. The Kier molecular flexibility index (Phi) is 6.20. The number of pyridine rings is 3. The van der Waals surface area contributed by atoms with Crippen LogP contribution in [0.2, 0.25) is 0 Å². The smallest absolute Gasteiger partial charge is 0.221 e. The van der Waals surface area contributed by atoms with Crippen molar-refractivity contribution in [1.82, 2.24) is 24.7 Å². The lowest BCUT2D eigenvalue weighted by Crippen LogP contribution is -2.06. The van der Waals surface area contributed by atoms with E-state index >= 15 is 0 Å². The zero-order valence-electron chi connectivity index (χ0n) is 19.1. The maximum Gasteiger partial charge on any atom is 0.221 e. The van der Waals surface area contributed by atoms with E-state index in [9.17, 15) is 0 Å². The summed E-state index contributed by atoms with van der Waals surface area (Å²) in [4.78, 5) is 13.7. The van der Waals surface area contributed by atoms with Crippen molar-refractivity contribution in [3.63, 3.8) is 0 Å². The summed E-state index contributed by atoms with van der Waals surface area (Å²) in [5.74, 6) is 1.39. The van der Waals surface area contributed by atoms with Crippen molar-refractivity contribution < 1.29 is 9.47 Å². The molecule has 0 fully saturated rings. The average molecular weight is 433 g/mol. The molecule has 32 heavy (non-hydrogen) atoms. The first-order valence-electron chi connectivity index (χ1n) is 10.7. The molecular weight excluding hydrogens is 404 g/mol. The Bertz CT molecular complexity index is 1230. The summed E-state index contributed by atoms with van der Waals surface area (Å²) >= 11 is 0. The average Bonchev–Trinajstić information content (AvgIpc) is 3.15. The van der Waals surface area contributed by atoms with Crippen LogP contribution in [-0.4, -0.2) is 38.4 Å². The number of hydrogen-bond acceptors (Lipinski definition) is 7. The monoisotopic (exact) mass is 432 g/mol. The normalized spacial score (nSPS) is 11.2. The van der Waals surface area contributed by atoms with Crippen molar-refractivity contribution in [2.45, 2.75) is 33.2 Å². The first kappa shape index (κ1) is 21.5. The highest BCUT2D eigenvalue weighted by Gasteiger charge is 2.22. The summed E-state index contributed by atoms with van der Waals surface area (Å²) in [6.07, 6.45) is 3.59. The molecule has 0 aliphatic carbocycles. The Balaban J connectivity index is 1.89. The molecule has 0 amide bonds. The van der Waals surface area contributed by atoms with Gasteiger partial charge in [0.15, 0.2) is 5.65 Å². The number of nitrogens with one attached hydrogen (secondary N) is 1. The highest BCUT2D eigenvalue weighted by atomic mass is 16.5. The van der Waals surface area contributed by atoms with Crippen molar-refractivity contribution in [3.05, 3.63) is 54.1 Å². The molecule has 0 atom stereocenters. The number of fused-ring (bicyclic) bond motifs is 1. The van der Waals surface area contributed by atoms with Gasteiger partial charge in [0.1, 0.15) is 0 Å². The predicted molar refractivity (Wildman–Crippen MR) is 125 cm³/mol. The molecular formula is C24H28N6O2. The molecule has 166 valence electrons. The van der Waals surface area contributed by atoms with Crippen LogP contribution < -0.4 is 14.8 Å². The lowest BCUT2D eigenvalue weighted by atomic mass is 10.0. The number of nitrogens with zero attached hydrogens (tertiary/aromatic N) is 5. The molecule has 8 nitrogen and oxygen atoms in total. The summed E-state index contributed by atoms with van der Waals surface area (Å²) in [6.45, 7) is 7.26. The van der Waals surface area contributed by atoms with Gasteiger partial charge in [-0.3, -0.25) is 4.68 Å². The van der Waals surface area contributed by atoms with Crippen LogP contribution in [0.25, 0.3) is 22.2 Å². The Hall–Kier alpha value is -3.68. The number of rotatable bonds is 8. The topological polar surface area (TPSA) is 87.0 Å². The van der Waals surface area contributed by atoms with E-state index in [0.29, 0.717) is 24.9 Å². The van der Waals surface area contributed by atoms with Crippen LogP contribution in [0.4, 0.5) is 5.69 Å². The van der Waals surface area contributed by atoms with Gasteiger partial charge < -0.3 is 14.8 Å². The molecule has 4 aromatic rings. The van der Waals surface area contributed by atoms with Crippen LogP contribution in [0.5, 0.6) is 11.8 Å². The molecule has 4 aromatic heterocycles. The zero-order chi connectivity index (χ0) is 22.7. The van der Waals surface area contributed by atoms with Crippen LogP contribution in [0.1, 0.15) is 38.1 Å². The van der Waals surface area contributed by atoms with Crippen LogP contribution in [0.15, 0.2) is 42.7 Å². The predicted octanol–water partition coefficient (Wildman–Crippen LogP) is 4.57. The fourth-order valence-electron chi connectivity index (χ4n) is 3.74. The Morgan fingerprint density at radius 1 is 1.09 bits per heavy atom. The van der Waals surface area contributed by atoms with Crippen molar-refractivity contribution in [3.8, 4) is 22.9 Å². The minimum absolute atomic E-state index is 0.228. The molecule has 0 aromatic carbocycles. The number of anilines is 1. The molecule has 0 unspecified atom stereocenters. The van der Waals surface area contributed by atoms with Crippen molar-refractivity contribution in [2.75, 3.05) is 19.0 Å². The molecule has 0 bridgehead atoms. The van der Waals surface area contributed by atoms with E-state index in [0.717, 1.165) is 39.2 Å². The maximum atomic E-state index is 5.82. The van der Waals surface area contributed by atoms with E-state index in [-0.39, 0.29) is 5.92 Å². The van der Waals surface area contributed by atoms with Crippen LogP contribution in [0.3, 0.4) is 0 Å². The summed E-state index contributed by atoms with van der Waals surface area (Å²) in [5.41, 5.74) is 5.40. The molecule has 0 aliphatic heterocycles. The lowest BCUT2D eigenvalue weighted by Gasteiger charge is -2.16. The molecule has 4 heterocycles. The zero-order valence-corrected chi connectivity index (χ0v) is 19.1. The number of hydrogen-bond donors (Lipinski definition) is 1. The minimum Gasteiger partial charge on any atom is -0.481 e. The third-order valence-electron chi connectivity index (χ3n) is 5.21. The summed E-state index contributed by atoms with van der Waals surface area (Å²) in [5, 5.41) is 9.36. The summed E-state index contributed by atoms with van der Waals surface area (Å²) < 4.78 is 12.9. The molecule has 0 aliphatic rings. The van der Waals surface area contributed by atoms with Gasteiger partial charge in [0.25, 0.3) is 0 Å². The van der Waals surface area contributed by atoms with Crippen LogP contribution in [0, 0.1) is 0 Å².